The number of aryl methyl sites for hydroxylation is 1. The summed E-state index contributed by atoms with van der Waals surface area (Å²) in [5.74, 6) is 1.25. The maximum absolute atomic E-state index is 13.7. The first-order valence-corrected chi connectivity index (χ1v) is 13.8. The van der Waals surface area contributed by atoms with E-state index in [1.54, 1.807) is 6.07 Å². The van der Waals surface area contributed by atoms with Gasteiger partial charge in [0.05, 0.1) is 28.1 Å². The molecule has 3 heterocycles. The number of nitrogens with zero attached hydrogens (tertiary/aromatic N) is 1. The number of para-hydroxylation sites is 1. The number of aromatic nitrogens is 1. The van der Waals surface area contributed by atoms with E-state index in [2.05, 4.69) is 15.2 Å². The summed E-state index contributed by atoms with van der Waals surface area (Å²) in [5, 5.41) is 27.8. The summed E-state index contributed by atoms with van der Waals surface area (Å²) in [6.45, 7) is 3.98. The van der Waals surface area contributed by atoms with Gasteiger partial charge in [0, 0.05) is 29.7 Å². The van der Waals surface area contributed by atoms with Gasteiger partial charge in [-0.15, -0.1) is 12.4 Å². The van der Waals surface area contributed by atoms with Crippen LogP contribution < -0.4 is 10.1 Å². The number of carbonyl (C=O) groups excluding carboxylic acids is 1. The van der Waals surface area contributed by atoms with E-state index in [1.165, 1.54) is 18.4 Å². The highest BCUT2D eigenvalue weighted by Gasteiger charge is 2.73. The molecule has 3 aliphatic carbocycles. The van der Waals surface area contributed by atoms with Crippen LogP contribution in [-0.4, -0.2) is 62.9 Å². The Morgan fingerprint density at radius 1 is 1.21 bits per heavy atom. The third-order valence-electron chi connectivity index (χ3n) is 10.2. The summed E-state index contributed by atoms with van der Waals surface area (Å²) in [6.07, 6.45) is 6.85. The number of piperidine rings is 1. The maximum Gasteiger partial charge on any atom is 0.253 e. The number of benzene rings is 2. The molecule has 200 valence electrons. The molecule has 5 atom stereocenters. The van der Waals surface area contributed by atoms with Gasteiger partial charge >= 0.3 is 0 Å². The first-order valence-electron chi connectivity index (χ1n) is 13.8. The molecule has 2 aromatic carbocycles. The number of aliphatic hydroxyl groups is 1. The molecule has 38 heavy (non-hydrogen) atoms. The van der Waals surface area contributed by atoms with Gasteiger partial charge in [-0.2, -0.15) is 0 Å². The number of aromatic amines is 1. The van der Waals surface area contributed by atoms with Crippen molar-refractivity contribution in [1.82, 2.24) is 15.2 Å². The van der Waals surface area contributed by atoms with Crippen molar-refractivity contribution >= 4 is 29.2 Å². The lowest BCUT2D eigenvalue weighted by atomic mass is 9.48. The summed E-state index contributed by atoms with van der Waals surface area (Å²) >= 11 is 0. The zero-order valence-corrected chi connectivity index (χ0v) is 22.3. The quantitative estimate of drug-likeness (QED) is 0.405. The van der Waals surface area contributed by atoms with E-state index in [1.807, 2.05) is 37.4 Å². The monoisotopic (exact) mass is 535 g/mol. The summed E-state index contributed by atoms with van der Waals surface area (Å²) < 4.78 is 6.59. The number of likely N-dealkylation sites (tertiary alicyclic amines) is 1. The fourth-order valence-electron chi connectivity index (χ4n) is 8.36. The highest BCUT2D eigenvalue weighted by Crippen LogP contribution is 2.65. The topological polar surface area (TPSA) is 97.8 Å². The number of amides is 1. The largest absolute Gasteiger partial charge is 0.504 e. The van der Waals surface area contributed by atoms with Crippen LogP contribution in [0.25, 0.3) is 10.9 Å². The van der Waals surface area contributed by atoms with E-state index in [9.17, 15) is 15.0 Å². The summed E-state index contributed by atoms with van der Waals surface area (Å²) in [5.41, 5.74) is 3.13. The first kappa shape index (κ1) is 24.3. The smallest absolute Gasteiger partial charge is 0.253 e. The van der Waals surface area contributed by atoms with Gasteiger partial charge in [0.2, 0.25) is 0 Å². The van der Waals surface area contributed by atoms with Crippen LogP contribution in [0.4, 0.5) is 0 Å². The fourth-order valence-corrected chi connectivity index (χ4v) is 8.36. The molecule has 7 nitrogen and oxygen atoms in total. The van der Waals surface area contributed by atoms with E-state index in [0.29, 0.717) is 24.2 Å². The average molecular weight is 536 g/mol. The predicted octanol–water partition coefficient (Wildman–Crippen LogP) is 3.97. The zero-order valence-electron chi connectivity index (χ0n) is 21.5. The molecule has 3 aromatic rings. The van der Waals surface area contributed by atoms with Crippen molar-refractivity contribution < 1.29 is 19.7 Å². The Labute approximate surface area is 228 Å². The van der Waals surface area contributed by atoms with Crippen LogP contribution in [0.5, 0.6) is 11.5 Å². The Kier molecular flexibility index (Phi) is 5.20. The lowest BCUT2D eigenvalue weighted by Crippen LogP contribution is -2.78. The molecule has 2 saturated carbocycles. The lowest BCUT2D eigenvalue weighted by Gasteiger charge is -2.64. The molecule has 1 saturated heterocycles. The third-order valence-corrected chi connectivity index (χ3v) is 10.2. The molecule has 0 radical (unpaired) electrons. The van der Waals surface area contributed by atoms with Crippen molar-refractivity contribution in [3.63, 3.8) is 0 Å². The number of phenolic OH excluding ortho intramolecular Hbond substituents is 1. The number of ether oxygens (including phenoxy) is 1. The molecule has 8 rings (SSSR count). The minimum Gasteiger partial charge on any atom is -0.504 e. The number of H-pyrrole nitrogens is 1. The maximum atomic E-state index is 13.7. The Morgan fingerprint density at radius 2 is 2.05 bits per heavy atom. The number of aromatic hydroxyl groups is 1. The second kappa shape index (κ2) is 8.13. The average Bonchev–Trinajstić information content (AvgIpc) is 3.52. The number of carbonyl (C=O) groups is 1. The van der Waals surface area contributed by atoms with E-state index in [0.717, 1.165) is 53.9 Å². The molecule has 1 amide bonds. The molecular weight excluding hydrogens is 502 g/mol. The molecule has 3 fully saturated rings. The number of phenols is 1. The SMILES string of the molecule is Cc1c[nH]c2c(C(=O)N[C@H]3CC[C@@]4(O)[C@H]5Cc6ccc(O)c7c6[C@@]4(CCN5CC4CC4)[C@H]3O7)cccc12.Cl. The van der Waals surface area contributed by atoms with Crippen molar-refractivity contribution in [2.24, 2.45) is 5.92 Å². The highest BCUT2D eigenvalue weighted by molar-refractivity contribution is 6.06. The Bertz CT molecular complexity index is 1470. The van der Waals surface area contributed by atoms with Gasteiger partial charge in [-0.05, 0) is 81.2 Å². The molecule has 2 aliphatic heterocycles. The van der Waals surface area contributed by atoms with E-state index >= 15 is 0 Å². The van der Waals surface area contributed by atoms with Gasteiger partial charge in [0.1, 0.15) is 6.10 Å². The van der Waals surface area contributed by atoms with Crippen molar-refractivity contribution in [2.45, 2.75) is 74.7 Å². The second-order valence-electron chi connectivity index (χ2n) is 12.1. The van der Waals surface area contributed by atoms with E-state index in [4.69, 9.17) is 4.74 Å². The van der Waals surface area contributed by atoms with Gasteiger partial charge in [-0.3, -0.25) is 9.69 Å². The number of hydrogen-bond donors (Lipinski definition) is 4. The van der Waals surface area contributed by atoms with E-state index in [-0.39, 0.29) is 36.1 Å². The molecule has 0 unspecified atom stereocenters. The number of hydrogen-bond acceptors (Lipinski definition) is 5. The zero-order chi connectivity index (χ0) is 25.1. The van der Waals surface area contributed by atoms with Crippen LogP contribution in [0.2, 0.25) is 0 Å². The first-order chi connectivity index (χ1) is 17.9. The second-order valence-corrected chi connectivity index (χ2v) is 12.1. The number of rotatable bonds is 4. The van der Waals surface area contributed by atoms with Gasteiger partial charge in [0.15, 0.2) is 11.5 Å². The van der Waals surface area contributed by atoms with Crippen molar-refractivity contribution in [1.29, 1.82) is 0 Å². The van der Waals surface area contributed by atoms with Crippen LogP contribution in [0, 0.1) is 12.8 Å². The molecular formula is C30H34ClN3O4. The number of fused-ring (bicyclic) bond motifs is 1. The van der Waals surface area contributed by atoms with Gasteiger partial charge in [-0.1, -0.05) is 18.2 Å². The summed E-state index contributed by atoms with van der Waals surface area (Å²) in [7, 11) is 0. The van der Waals surface area contributed by atoms with Gasteiger partial charge in [0.25, 0.3) is 5.91 Å². The minimum absolute atomic E-state index is 0. The minimum atomic E-state index is -0.950. The summed E-state index contributed by atoms with van der Waals surface area (Å²) in [4.78, 5) is 19.4. The normalized spacial score (nSPS) is 32.8. The van der Waals surface area contributed by atoms with Crippen molar-refractivity contribution in [3.05, 3.63) is 58.8 Å². The van der Waals surface area contributed by atoms with Gasteiger partial charge < -0.3 is 25.3 Å². The van der Waals surface area contributed by atoms with Crippen LogP contribution >= 0.6 is 12.4 Å². The number of halogens is 1. The third kappa shape index (κ3) is 3.01. The molecule has 1 aromatic heterocycles. The Morgan fingerprint density at radius 3 is 2.87 bits per heavy atom. The highest BCUT2D eigenvalue weighted by atomic mass is 35.5. The van der Waals surface area contributed by atoms with Crippen LogP contribution in [0.1, 0.15) is 59.2 Å². The Balaban J connectivity index is 0.00000242. The van der Waals surface area contributed by atoms with Crippen LogP contribution in [-0.2, 0) is 11.8 Å². The molecule has 1 spiro atoms. The van der Waals surface area contributed by atoms with Crippen LogP contribution in [0.15, 0.2) is 36.5 Å². The summed E-state index contributed by atoms with van der Waals surface area (Å²) in [6, 6.07) is 9.31. The van der Waals surface area contributed by atoms with Crippen LogP contribution in [0.3, 0.4) is 0 Å². The predicted molar refractivity (Wildman–Crippen MR) is 146 cm³/mol. The fraction of sp³-hybridized carbons (Fsp3) is 0.500. The van der Waals surface area contributed by atoms with Crippen molar-refractivity contribution in [3.8, 4) is 11.5 Å². The van der Waals surface area contributed by atoms with E-state index < -0.39 is 17.1 Å². The van der Waals surface area contributed by atoms with Gasteiger partial charge in [-0.25, -0.2) is 0 Å². The lowest BCUT2D eigenvalue weighted by molar-refractivity contribution is -0.191. The molecule has 2 bridgehead atoms. The van der Waals surface area contributed by atoms with Crippen molar-refractivity contribution in [2.75, 3.05) is 13.1 Å². The molecule has 8 heteroatoms. The molecule has 4 N–H and O–H groups in total. The standard InChI is InChI=1S/C30H33N3O4.ClH/c1-16-14-31-25-19(16)3-2-4-20(25)28(35)32-21-9-10-30(36)23-13-18-7-8-22(34)26-24(18)29(30,27(21)37-26)11-12-33(23)15-17-5-6-17;/h2-4,7-8,14,17,21,23,27,31,34,36H,5-6,9-13,15H2,1H3,(H,32,35);1H/t21-,23+,27-,29-,30+;/m0./s1. The molecule has 5 aliphatic rings. The Hall–Kier alpha value is -2.74. The number of nitrogens with one attached hydrogen (secondary N) is 2.